The Bertz CT molecular complexity index is 1110. The fraction of sp³-hybridized carbons (Fsp3) is 0.719. The third kappa shape index (κ3) is 7.13. The summed E-state index contributed by atoms with van der Waals surface area (Å²) < 4.78 is 13.2. The Kier molecular flexibility index (Phi) is 10.3. The van der Waals surface area contributed by atoms with Crippen LogP contribution in [-0.2, 0) is 20.5 Å². The van der Waals surface area contributed by atoms with Crippen LogP contribution >= 0.6 is 0 Å². The van der Waals surface area contributed by atoms with E-state index in [-0.39, 0.29) is 34.9 Å². The molecule has 0 aromatic heterocycles. The van der Waals surface area contributed by atoms with E-state index < -0.39 is 19.2 Å². The highest BCUT2D eigenvalue weighted by atomic mass is 16.7. The lowest BCUT2D eigenvalue weighted by Crippen LogP contribution is -2.65. The average molecular weight is 583 g/mol. The summed E-state index contributed by atoms with van der Waals surface area (Å²) >= 11 is 0. The zero-order valence-corrected chi connectivity index (χ0v) is 26.3. The maximum Gasteiger partial charge on any atom is 0.481 e. The summed E-state index contributed by atoms with van der Waals surface area (Å²) in [5.41, 5.74) is 6.75. The van der Waals surface area contributed by atoms with Crippen LogP contribution < -0.4 is 21.7 Å². The summed E-state index contributed by atoms with van der Waals surface area (Å²) in [6.07, 6.45) is 6.81. The van der Waals surface area contributed by atoms with Crippen molar-refractivity contribution in [3.8, 4) is 0 Å². The van der Waals surface area contributed by atoms with Gasteiger partial charge in [-0.25, -0.2) is 4.79 Å². The number of aryl methyl sites for hydroxylation is 1. The van der Waals surface area contributed by atoms with E-state index in [9.17, 15) is 14.4 Å². The molecule has 4 aliphatic rings. The van der Waals surface area contributed by atoms with Gasteiger partial charge in [0.1, 0.15) is 6.04 Å². The number of rotatable bonds is 14. The van der Waals surface area contributed by atoms with Crippen molar-refractivity contribution in [2.75, 3.05) is 6.54 Å². The van der Waals surface area contributed by atoms with Crippen LogP contribution in [0.15, 0.2) is 24.3 Å². The molecule has 5 rings (SSSR count). The van der Waals surface area contributed by atoms with Gasteiger partial charge in [0.15, 0.2) is 0 Å². The van der Waals surface area contributed by atoms with E-state index in [1.54, 1.807) is 12.1 Å². The molecule has 3 saturated carbocycles. The first-order valence-corrected chi connectivity index (χ1v) is 15.9. The number of primary amides is 1. The zero-order chi connectivity index (χ0) is 30.7. The fourth-order valence-corrected chi connectivity index (χ4v) is 7.33. The molecule has 9 nitrogen and oxygen atoms in total. The molecule has 6 atom stereocenters. The van der Waals surface area contributed by atoms with Crippen LogP contribution in [-0.4, -0.2) is 55.2 Å². The van der Waals surface area contributed by atoms with Crippen LogP contribution in [0.5, 0.6) is 0 Å². The van der Waals surface area contributed by atoms with Gasteiger partial charge >= 0.3 is 13.1 Å². The second kappa shape index (κ2) is 13.4. The Morgan fingerprint density at radius 1 is 1.07 bits per heavy atom. The van der Waals surface area contributed by atoms with Gasteiger partial charge in [0.2, 0.25) is 5.91 Å². The molecule has 3 aliphatic carbocycles. The monoisotopic (exact) mass is 582 g/mol. The fourth-order valence-electron chi connectivity index (χ4n) is 7.33. The number of nitrogens with two attached hydrogens (primary N) is 1. The molecule has 1 heterocycles. The topological polar surface area (TPSA) is 132 Å². The number of nitrogens with one attached hydrogen (secondary N) is 3. The quantitative estimate of drug-likeness (QED) is 0.191. The Morgan fingerprint density at radius 2 is 1.79 bits per heavy atom. The first-order valence-electron chi connectivity index (χ1n) is 15.9. The van der Waals surface area contributed by atoms with Gasteiger partial charge in [-0.15, -0.1) is 0 Å². The Hall–Kier alpha value is -2.59. The van der Waals surface area contributed by atoms with Crippen molar-refractivity contribution in [3.63, 3.8) is 0 Å². The first kappa shape index (κ1) is 32.3. The summed E-state index contributed by atoms with van der Waals surface area (Å²) in [7, 11) is -0.551. The third-order valence-corrected chi connectivity index (χ3v) is 9.98. The van der Waals surface area contributed by atoms with E-state index in [4.69, 9.17) is 15.0 Å². The zero-order valence-electron chi connectivity index (χ0n) is 26.3. The van der Waals surface area contributed by atoms with Crippen LogP contribution in [0.1, 0.15) is 102 Å². The number of amides is 4. The molecule has 1 aromatic rings. The minimum atomic E-state index is -0.799. The minimum Gasteiger partial charge on any atom is -0.404 e. The van der Waals surface area contributed by atoms with Gasteiger partial charge in [-0.05, 0) is 92.7 Å². The number of urea groups is 1. The molecule has 0 radical (unpaired) electrons. The molecule has 2 bridgehead atoms. The number of hydrogen-bond acceptors (Lipinski definition) is 5. The molecule has 42 heavy (non-hydrogen) atoms. The van der Waals surface area contributed by atoms with Crippen molar-refractivity contribution in [3.05, 3.63) is 35.4 Å². The summed E-state index contributed by atoms with van der Waals surface area (Å²) in [4.78, 5) is 38.2. The highest BCUT2D eigenvalue weighted by Gasteiger charge is 2.68. The van der Waals surface area contributed by atoms with Gasteiger partial charge in [0.25, 0.3) is 5.91 Å². The standard InChI is InChI=1S/C32H51BN4O5/c1-7-8-10-21-12-14-22(15-13-21)28(38)36-24(11-9-16-35-30(34)40)29(39)37-27(17-20(2)3)33-41-26-19-23-18-25(31(23,4)5)32(26,6)42-33/h12-15,20,23-27H,7-11,16-19H2,1-6H3,(H,36,38)(H,37,39)(H3,34,35,40)/t23-,24-,25-,26+,27-,32-/m0/s1. The Balaban J connectivity index is 1.45. The van der Waals surface area contributed by atoms with E-state index >= 15 is 0 Å². The molecule has 1 saturated heterocycles. The van der Waals surface area contributed by atoms with Gasteiger partial charge in [-0.2, -0.15) is 0 Å². The lowest BCUT2D eigenvalue weighted by Gasteiger charge is -2.64. The van der Waals surface area contributed by atoms with Gasteiger partial charge in [0, 0.05) is 12.1 Å². The summed E-state index contributed by atoms with van der Waals surface area (Å²) in [5.74, 6) is 0.393. The van der Waals surface area contributed by atoms with Crippen molar-refractivity contribution >= 4 is 25.0 Å². The van der Waals surface area contributed by atoms with Gasteiger partial charge < -0.3 is 31.0 Å². The highest BCUT2D eigenvalue weighted by Crippen LogP contribution is 2.65. The van der Waals surface area contributed by atoms with Crippen molar-refractivity contribution in [1.29, 1.82) is 0 Å². The maximum atomic E-state index is 13.8. The third-order valence-electron chi connectivity index (χ3n) is 9.98. The van der Waals surface area contributed by atoms with Crippen LogP contribution in [0.3, 0.4) is 0 Å². The average Bonchev–Trinajstić information content (AvgIpc) is 3.30. The number of benzene rings is 1. The molecule has 1 aliphatic heterocycles. The van der Waals surface area contributed by atoms with Crippen molar-refractivity contribution in [2.24, 2.45) is 28.9 Å². The number of unbranched alkanes of at least 4 members (excludes halogenated alkanes) is 1. The van der Waals surface area contributed by atoms with Gasteiger partial charge in [-0.1, -0.05) is 53.2 Å². The molecule has 10 heteroatoms. The van der Waals surface area contributed by atoms with Crippen LogP contribution in [0.4, 0.5) is 4.79 Å². The van der Waals surface area contributed by atoms with E-state index in [1.807, 2.05) is 12.1 Å². The van der Waals surface area contributed by atoms with Crippen LogP contribution in [0.25, 0.3) is 0 Å². The van der Waals surface area contributed by atoms with E-state index in [0.29, 0.717) is 49.1 Å². The molecule has 5 N–H and O–H groups in total. The smallest absolute Gasteiger partial charge is 0.404 e. The van der Waals surface area contributed by atoms with E-state index in [1.165, 1.54) is 5.56 Å². The van der Waals surface area contributed by atoms with Crippen LogP contribution in [0.2, 0.25) is 0 Å². The van der Waals surface area contributed by atoms with Crippen molar-refractivity contribution in [1.82, 2.24) is 16.0 Å². The summed E-state index contributed by atoms with van der Waals surface area (Å²) in [6, 6.07) is 6.13. The lowest BCUT2D eigenvalue weighted by atomic mass is 9.43. The maximum absolute atomic E-state index is 13.8. The molecule has 232 valence electrons. The van der Waals surface area contributed by atoms with E-state index in [2.05, 4.69) is 57.5 Å². The number of hydrogen-bond donors (Lipinski definition) is 4. The molecule has 4 fully saturated rings. The Morgan fingerprint density at radius 3 is 2.40 bits per heavy atom. The lowest BCUT2D eigenvalue weighted by molar-refractivity contribution is -0.199. The second-order valence-electron chi connectivity index (χ2n) is 13.8. The minimum absolute atomic E-state index is 0.0153. The predicted octanol–water partition coefficient (Wildman–Crippen LogP) is 4.37. The van der Waals surface area contributed by atoms with Crippen molar-refractivity contribution < 1.29 is 23.7 Å². The number of carbonyl (C=O) groups is 3. The van der Waals surface area contributed by atoms with Crippen molar-refractivity contribution in [2.45, 2.75) is 117 Å². The molecule has 1 aromatic carbocycles. The molecule has 4 amide bonds. The Labute approximate surface area is 251 Å². The van der Waals surface area contributed by atoms with Crippen LogP contribution in [0, 0.1) is 23.2 Å². The molecular weight excluding hydrogens is 531 g/mol. The predicted molar refractivity (Wildman–Crippen MR) is 165 cm³/mol. The SMILES string of the molecule is CCCCc1ccc(C(=O)N[C@@H](CCCNC(N)=O)C(=O)N[C@@H](CC(C)C)B2O[C@@H]3C[C@@H]4C[C@@H](C4(C)C)[C@]3(C)O2)cc1. The molecule has 0 spiro atoms. The largest absolute Gasteiger partial charge is 0.481 e. The van der Waals surface area contributed by atoms with Gasteiger partial charge in [0.05, 0.1) is 17.6 Å². The summed E-state index contributed by atoms with van der Waals surface area (Å²) in [6.45, 7) is 13.5. The van der Waals surface area contributed by atoms with Gasteiger partial charge in [-0.3, -0.25) is 9.59 Å². The second-order valence-corrected chi connectivity index (χ2v) is 13.8. The number of carbonyl (C=O) groups excluding carboxylic acids is 3. The molecule has 0 unspecified atom stereocenters. The highest BCUT2D eigenvalue weighted by molar-refractivity contribution is 6.48. The van der Waals surface area contributed by atoms with E-state index in [0.717, 1.165) is 32.1 Å². The summed E-state index contributed by atoms with van der Waals surface area (Å²) in [5, 5.41) is 8.69. The molecular formula is C32H51BN4O5. The normalized spacial score (nSPS) is 27.0. The first-order chi connectivity index (χ1) is 19.8.